The average molecular weight is 429 g/mol. The van der Waals surface area contributed by atoms with Crippen LogP contribution in [0.25, 0.3) is 5.69 Å². The zero-order valence-electron chi connectivity index (χ0n) is 17.6. The summed E-state index contributed by atoms with van der Waals surface area (Å²) < 4.78 is 12.1. The summed E-state index contributed by atoms with van der Waals surface area (Å²) in [6.45, 7) is 7.34. The lowest BCUT2D eigenvalue weighted by Crippen LogP contribution is -2.16. The van der Waals surface area contributed by atoms with Crippen molar-refractivity contribution in [3.05, 3.63) is 53.1 Å². The van der Waals surface area contributed by atoms with Crippen LogP contribution < -0.4 is 4.74 Å². The van der Waals surface area contributed by atoms with Gasteiger partial charge in [-0.3, -0.25) is 9.36 Å². The van der Waals surface area contributed by atoms with Crippen LogP contribution >= 0.6 is 11.8 Å². The number of Topliss-reactive ketones (excluding diaryl/α,β-unsaturated/α-hetero) is 1. The number of nitrogens with one attached hydrogen (secondary N) is 1. The van der Waals surface area contributed by atoms with E-state index in [0.29, 0.717) is 27.7 Å². The molecular formula is C21H24N4O4S. The molecular weight excluding hydrogens is 404 g/mol. The molecule has 0 aliphatic rings. The number of rotatable bonds is 8. The molecule has 2 heterocycles. The number of nitrogens with zero attached hydrogens (tertiary/aromatic N) is 3. The molecule has 0 aliphatic heterocycles. The summed E-state index contributed by atoms with van der Waals surface area (Å²) in [6.07, 6.45) is 1.60. The second kappa shape index (κ2) is 9.17. The van der Waals surface area contributed by atoms with E-state index in [0.717, 1.165) is 11.4 Å². The molecule has 1 N–H and O–H groups in total. The van der Waals surface area contributed by atoms with Gasteiger partial charge in [0.2, 0.25) is 0 Å². The van der Waals surface area contributed by atoms with E-state index in [2.05, 4.69) is 15.2 Å². The van der Waals surface area contributed by atoms with E-state index in [1.165, 1.54) is 11.8 Å². The molecule has 1 aromatic carbocycles. The number of carbonyl (C=O) groups is 2. The molecule has 3 rings (SSSR count). The number of aryl methyl sites for hydroxylation is 1. The van der Waals surface area contributed by atoms with Crippen molar-refractivity contribution in [3.8, 4) is 11.4 Å². The Morgan fingerprint density at radius 3 is 2.57 bits per heavy atom. The Bertz CT molecular complexity index is 1060. The quantitative estimate of drug-likeness (QED) is 0.331. The summed E-state index contributed by atoms with van der Waals surface area (Å²) in [5, 5.41) is 8.29. The number of esters is 1. The van der Waals surface area contributed by atoms with E-state index in [-0.39, 0.29) is 12.4 Å². The van der Waals surface area contributed by atoms with Gasteiger partial charge in [-0.2, -0.15) is 0 Å². The van der Waals surface area contributed by atoms with Gasteiger partial charge in [-0.05, 0) is 57.5 Å². The first kappa shape index (κ1) is 21.6. The molecule has 0 saturated carbocycles. The minimum Gasteiger partial charge on any atom is -0.497 e. The molecule has 9 heteroatoms. The first-order valence-electron chi connectivity index (χ1n) is 9.48. The Labute approximate surface area is 179 Å². The monoisotopic (exact) mass is 428 g/mol. The van der Waals surface area contributed by atoms with Crippen molar-refractivity contribution in [1.29, 1.82) is 0 Å². The highest BCUT2D eigenvalue weighted by atomic mass is 32.2. The smallest absolute Gasteiger partial charge is 0.340 e. The number of benzene rings is 1. The highest BCUT2D eigenvalue weighted by molar-refractivity contribution is 8.00. The van der Waals surface area contributed by atoms with E-state index in [1.807, 2.05) is 28.8 Å². The summed E-state index contributed by atoms with van der Waals surface area (Å²) in [6, 6.07) is 7.48. The molecule has 2 aromatic heterocycles. The van der Waals surface area contributed by atoms with Crippen molar-refractivity contribution in [1.82, 2.24) is 19.7 Å². The highest BCUT2D eigenvalue weighted by Gasteiger charge is 2.27. The molecule has 30 heavy (non-hydrogen) atoms. The first-order chi connectivity index (χ1) is 14.4. The number of H-pyrrole nitrogens is 1. The Kier molecular flexibility index (Phi) is 6.61. The van der Waals surface area contributed by atoms with E-state index in [9.17, 15) is 9.59 Å². The fourth-order valence-corrected chi connectivity index (χ4v) is 4.05. The number of aromatic amines is 1. The van der Waals surface area contributed by atoms with Crippen LogP contribution in [0.3, 0.4) is 0 Å². The maximum absolute atomic E-state index is 13.1. The third kappa shape index (κ3) is 4.25. The van der Waals surface area contributed by atoms with Gasteiger partial charge in [0.05, 0.1) is 30.2 Å². The lowest BCUT2D eigenvalue weighted by atomic mass is 10.1. The van der Waals surface area contributed by atoms with E-state index in [1.54, 1.807) is 41.1 Å². The topological polar surface area (TPSA) is 99.1 Å². The molecule has 0 aliphatic carbocycles. The summed E-state index contributed by atoms with van der Waals surface area (Å²) in [4.78, 5) is 28.3. The van der Waals surface area contributed by atoms with E-state index in [4.69, 9.17) is 9.47 Å². The Morgan fingerprint density at radius 1 is 1.23 bits per heavy atom. The van der Waals surface area contributed by atoms with Gasteiger partial charge in [0, 0.05) is 11.4 Å². The van der Waals surface area contributed by atoms with Crippen LogP contribution in [0.5, 0.6) is 5.75 Å². The van der Waals surface area contributed by atoms with Gasteiger partial charge in [0.1, 0.15) is 12.1 Å². The minimum atomic E-state index is -0.446. The number of ketones is 1. The van der Waals surface area contributed by atoms with Crippen molar-refractivity contribution in [2.45, 2.75) is 38.1 Å². The molecule has 8 nitrogen and oxygen atoms in total. The van der Waals surface area contributed by atoms with E-state index < -0.39 is 11.2 Å². The number of carbonyl (C=O) groups excluding carboxylic acids is 2. The van der Waals surface area contributed by atoms with Crippen LogP contribution in [0, 0.1) is 13.8 Å². The summed E-state index contributed by atoms with van der Waals surface area (Å²) in [5.41, 5.74) is 2.90. The molecule has 0 spiro atoms. The lowest BCUT2D eigenvalue weighted by Gasteiger charge is -2.11. The number of aromatic nitrogens is 4. The molecule has 0 bridgehead atoms. The van der Waals surface area contributed by atoms with Gasteiger partial charge in [-0.1, -0.05) is 11.8 Å². The summed E-state index contributed by atoms with van der Waals surface area (Å²) >= 11 is 1.30. The van der Waals surface area contributed by atoms with Crippen LogP contribution in [-0.2, 0) is 4.74 Å². The van der Waals surface area contributed by atoms with Crippen molar-refractivity contribution in [3.63, 3.8) is 0 Å². The minimum absolute atomic E-state index is 0.125. The van der Waals surface area contributed by atoms with Gasteiger partial charge in [-0.15, -0.1) is 10.2 Å². The molecule has 0 amide bonds. The largest absolute Gasteiger partial charge is 0.497 e. The lowest BCUT2D eigenvalue weighted by molar-refractivity contribution is 0.0525. The van der Waals surface area contributed by atoms with Crippen molar-refractivity contribution in [2.24, 2.45) is 0 Å². The normalized spacial score (nSPS) is 11.9. The second-order valence-corrected chi connectivity index (χ2v) is 7.96. The maximum atomic E-state index is 13.1. The Morgan fingerprint density at radius 2 is 1.93 bits per heavy atom. The van der Waals surface area contributed by atoms with E-state index >= 15 is 0 Å². The number of hydrogen-bond donors (Lipinski definition) is 1. The van der Waals surface area contributed by atoms with Crippen LogP contribution in [0.1, 0.15) is 46.0 Å². The van der Waals surface area contributed by atoms with Gasteiger partial charge in [0.25, 0.3) is 0 Å². The molecule has 1 atom stereocenters. The zero-order valence-corrected chi connectivity index (χ0v) is 18.4. The molecule has 158 valence electrons. The summed E-state index contributed by atoms with van der Waals surface area (Å²) in [5.74, 6) is 0.197. The Hall–Kier alpha value is -3.07. The van der Waals surface area contributed by atoms with Crippen LogP contribution in [-0.4, -0.2) is 50.5 Å². The SMILES string of the molecule is CCOC(=O)c1c(C)[nH]c(C(=O)C(C)Sc2nncn2-c2ccc(OC)cc2)c1C. The van der Waals surface area contributed by atoms with Crippen LogP contribution in [0.4, 0.5) is 0 Å². The molecule has 0 saturated heterocycles. The fraction of sp³-hybridized carbons (Fsp3) is 0.333. The molecule has 0 radical (unpaired) electrons. The third-order valence-corrected chi connectivity index (χ3v) is 5.74. The molecule has 3 aromatic rings. The molecule has 0 fully saturated rings. The number of thioether (sulfide) groups is 1. The van der Waals surface area contributed by atoms with Crippen molar-refractivity contribution >= 4 is 23.5 Å². The second-order valence-electron chi connectivity index (χ2n) is 6.65. The van der Waals surface area contributed by atoms with Gasteiger partial charge in [0.15, 0.2) is 10.9 Å². The maximum Gasteiger partial charge on any atom is 0.340 e. The highest BCUT2D eigenvalue weighted by Crippen LogP contribution is 2.28. The molecule has 1 unspecified atom stereocenters. The fourth-order valence-electron chi connectivity index (χ4n) is 3.15. The Balaban J connectivity index is 1.81. The number of ether oxygens (including phenoxy) is 2. The average Bonchev–Trinajstić information content (AvgIpc) is 3.31. The van der Waals surface area contributed by atoms with Crippen LogP contribution in [0.15, 0.2) is 35.7 Å². The van der Waals surface area contributed by atoms with Gasteiger partial charge < -0.3 is 14.5 Å². The first-order valence-corrected chi connectivity index (χ1v) is 10.4. The third-order valence-electron chi connectivity index (χ3n) is 4.68. The van der Waals surface area contributed by atoms with Gasteiger partial charge >= 0.3 is 5.97 Å². The van der Waals surface area contributed by atoms with Crippen molar-refractivity contribution < 1.29 is 19.1 Å². The van der Waals surface area contributed by atoms with Gasteiger partial charge in [-0.25, -0.2) is 4.79 Å². The summed E-state index contributed by atoms with van der Waals surface area (Å²) in [7, 11) is 1.61. The predicted molar refractivity (Wildman–Crippen MR) is 114 cm³/mol. The standard InChI is InChI=1S/C21H24N4O4S/c1-6-29-20(27)17-12(2)18(23-13(17)3)19(26)14(4)30-21-24-22-11-25(21)15-7-9-16(28-5)10-8-15/h7-11,14,23H,6H2,1-5H3. The number of hydrogen-bond acceptors (Lipinski definition) is 7. The number of methoxy groups -OCH3 is 1. The predicted octanol–water partition coefficient (Wildman–Crippen LogP) is 3.76. The van der Waals surface area contributed by atoms with Crippen LogP contribution in [0.2, 0.25) is 0 Å². The zero-order chi connectivity index (χ0) is 21.8. The van der Waals surface area contributed by atoms with Crippen molar-refractivity contribution in [2.75, 3.05) is 13.7 Å².